The summed E-state index contributed by atoms with van der Waals surface area (Å²) in [5, 5.41) is 0. The number of benzene rings is 2. The Morgan fingerprint density at radius 2 is 1.22 bits per heavy atom. The molecule has 0 spiro atoms. The lowest BCUT2D eigenvalue weighted by molar-refractivity contribution is 0.587. The molecule has 0 saturated heterocycles. The predicted octanol–water partition coefficient (Wildman–Crippen LogP) is 3.73. The van der Waals surface area contributed by atoms with Crippen molar-refractivity contribution < 1.29 is 16.8 Å². The summed E-state index contributed by atoms with van der Waals surface area (Å²) in [6, 6.07) is 13.0. The highest BCUT2D eigenvalue weighted by Gasteiger charge is 2.13. The van der Waals surface area contributed by atoms with Gasteiger partial charge in [0, 0.05) is 19.6 Å². The number of rotatable bonds is 3. The van der Waals surface area contributed by atoms with Gasteiger partial charge in [0.05, 0.1) is 9.79 Å². The second-order valence-corrected chi connectivity index (χ2v) is 10.1. The van der Waals surface area contributed by atoms with E-state index >= 15 is 0 Å². The molecule has 126 valence electrons. The SMILES string of the molecule is CNS(=O)(=O)c1ccccc1Br.O=S(=O)(Cl)c1ccccc1Br. The molecule has 0 bridgehead atoms. The quantitative estimate of drug-likeness (QED) is 0.645. The van der Waals surface area contributed by atoms with Gasteiger partial charge in [0.2, 0.25) is 10.0 Å². The van der Waals surface area contributed by atoms with E-state index in [9.17, 15) is 16.8 Å². The Morgan fingerprint density at radius 3 is 1.52 bits per heavy atom. The first-order chi connectivity index (χ1) is 10.6. The Labute approximate surface area is 156 Å². The van der Waals surface area contributed by atoms with E-state index in [-0.39, 0.29) is 9.79 Å². The van der Waals surface area contributed by atoms with Crippen LogP contribution in [0.1, 0.15) is 0 Å². The van der Waals surface area contributed by atoms with Crippen molar-refractivity contribution in [3.05, 3.63) is 57.5 Å². The van der Waals surface area contributed by atoms with E-state index < -0.39 is 19.1 Å². The molecule has 0 radical (unpaired) electrons. The molecule has 0 fully saturated rings. The molecule has 0 atom stereocenters. The highest BCUT2D eigenvalue weighted by molar-refractivity contribution is 9.10. The van der Waals surface area contributed by atoms with Crippen LogP contribution < -0.4 is 4.72 Å². The fraction of sp³-hybridized carbons (Fsp3) is 0.0769. The normalized spacial score (nSPS) is 11.5. The molecule has 2 aromatic rings. The molecule has 0 unspecified atom stereocenters. The fourth-order valence-corrected chi connectivity index (χ4v) is 5.29. The molecule has 0 aromatic heterocycles. The summed E-state index contributed by atoms with van der Waals surface area (Å²) >= 11 is 6.22. The summed E-state index contributed by atoms with van der Waals surface area (Å²) in [5.41, 5.74) is 0. The number of sulfonamides is 1. The monoisotopic (exact) mass is 503 g/mol. The smallest absolute Gasteiger partial charge is 0.214 e. The van der Waals surface area contributed by atoms with Crippen LogP contribution in [0.2, 0.25) is 0 Å². The lowest BCUT2D eigenvalue weighted by Gasteiger charge is -2.03. The Morgan fingerprint density at radius 1 is 0.826 bits per heavy atom. The van der Waals surface area contributed by atoms with Crippen LogP contribution in [-0.2, 0) is 19.1 Å². The third kappa shape index (κ3) is 6.17. The maximum atomic E-state index is 11.3. The summed E-state index contributed by atoms with van der Waals surface area (Å²) in [4.78, 5) is 0.356. The summed E-state index contributed by atoms with van der Waals surface area (Å²) in [5.74, 6) is 0. The first-order valence-electron chi connectivity index (χ1n) is 5.97. The Bertz CT molecular complexity index is 886. The number of halogens is 3. The highest BCUT2D eigenvalue weighted by atomic mass is 79.9. The molecule has 0 heterocycles. The number of nitrogens with one attached hydrogen (secondary N) is 1. The van der Waals surface area contributed by atoms with E-state index in [2.05, 4.69) is 36.6 Å². The Hall–Kier alpha value is -0.450. The Balaban J connectivity index is 0.000000231. The second kappa shape index (κ2) is 8.59. The van der Waals surface area contributed by atoms with E-state index in [1.54, 1.807) is 36.4 Å². The van der Waals surface area contributed by atoms with Crippen molar-refractivity contribution >= 4 is 61.6 Å². The number of hydrogen-bond donors (Lipinski definition) is 1. The van der Waals surface area contributed by atoms with Crippen LogP contribution in [0.5, 0.6) is 0 Å². The van der Waals surface area contributed by atoms with Gasteiger partial charge in [0.25, 0.3) is 9.05 Å². The molecule has 0 aliphatic carbocycles. The van der Waals surface area contributed by atoms with Crippen molar-refractivity contribution in [1.82, 2.24) is 4.72 Å². The third-order valence-electron chi connectivity index (χ3n) is 2.49. The molecule has 0 aliphatic heterocycles. The van der Waals surface area contributed by atoms with Crippen LogP contribution in [0, 0.1) is 0 Å². The largest absolute Gasteiger partial charge is 0.262 e. The standard InChI is InChI=1S/C7H8BrNO2S.C6H4BrClO2S/c1-9-12(10,11)7-5-3-2-4-6(7)8;7-5-3-1-2-4-6(5)11(8,9)10/h2-5,9H,1H3;1-4H. The van der Waals surface area contributed by atoms with Crippen LogP contribution in [0.15, 0.2) is 67.3 Å². The van der Waals surface area contributed by atoms with Gasteiger partial charge in [-0.3, -0.25) is 0 Å². The average Bonchev–Trinajstić information content (AvgIpc) is 2.47. The first kappa shape index (κ1) is 20.6. The summed E-state index contributed by atoms with van der Waals surface area (Å²) in [6.45, 7) is 0. The zero-order valence-corrected chi connectivity index (χ0v) is 17.3. The Kier molecular flexibility index (Phi) is 7.69. The van der Waals surface area contributed by atoms with Gasteiger partial charge in [-0.2, -0.15) is 0 Å². The van der Waals surface area contributed by atoms with Crippen molar-refractivity contribution in [2.75, 3.05) is 7.05 Å². The molecule has 0 saturated carbocycles. The van der Waals surface area contributed by atoms with Gasteiger partial charge in [0.1, 0.15) is 0 Å². The second-order valence-electron chi connectivity index (χ2n) is 4.01. The van der Waals surface area contributed by atoms with E-state index in [0.717, 1.165) is 0 Å². The summed E-state index contributed by atoms with van der Waals surface area (Å²) < 4.78 is 47.4. The van der Waals surface area contributed by atoms with E-state index in [0.29, 0.717) is 8.95 Å². The summed E-state index contributed by atoms with van der Waals surface area (Å²) in [6.07, 6.45) is 0. The van der Waals surface area contributed by atoms with E-state index in [1.807, 2.05) is 0 Å². The number of hydrogen-bond acceptors (Lipinski definition) is 4. The molecule has 2 rings (SSSR count). The predicted molar refractivity (Wildman–Crippen MR) is 97.6 cm³/mol. The van der Waals surface area contributed by atoms with Crippen molar-refractivity contribution in [1.29, 1.82) is 0 Å². The molecule has 0 aliphatic rings. The van der Waals surface area contributed by atoms with Crippen molar-refractivity contribution in [2.24, 2.45) is 0 Å². The van der Waals surface area contributed by atoms with E-state index in [1.165, 1.54) is 19.2 Å². The van der Waals surface area contributed by atoms with Gasteiger partial charge in [-0.25, -0.2) is 21.6 Å². The van der Waals surface area contributed by atoms with Crippen LogP contribution in [0.4, 0.5) is 0 Å². The van der Waals surface area contributed by atoms with Gasteiger partial charge < -0.3 is 0 Å². The highest BCUT2D eigenvalue weighted by Crippen LogP contribution is 2.24. The zero-order chi connectivity index (χ0) is 17.7. The third-order valence-corrected chi connectivity index (χ3v) is 7.25. The topological polar surface area (TPSA) is 80.3 Å². The molecular formula is C13H12Br2ClNO4S2. The maximum absolute atomic E-state index is 11.3. The van der Waals surface area contributed by atoms with Gasteiger partial charge >= 0.3 is 0 Å². The van der Waals surface area contributed by atoms with Crippen LogP contribution >= 0.6 is 42.5 Å². The average molecular weight is 506 g/mol. The fourth-order valence-electron chi connectivity index (χ4n) is 1.42. The molecular weight excluding hydrogens is 494 g/mol. The van der Waals surface area contributed by atoms with Crippen molar-refractivity contribution in [3.63, 3.8) is 0 Å². The molecule has 10 heteroatoms. The van der Waals surface area contributed by atoms with Crippen molar-refractivity contribution in [2.45, 2.75) is 9.79 Å². The van der Waals surface area contributed by atoms with Gasteiger partial charge in [0.15, 0.2) is 0 Å². The van der Waals surface area contributed by atoms with Crippen LogP contribution in [0.3, 0.4) is 0 Å². The minimum absolute atomic E-state index is 0.0988. The van der Waals surface area contributed by atoms with Gasteiger partial charge in [-0.1, -0.05) is 24.3 Å². The van der Waals surface area contributed by atoms with E-state index in [4.69, 9.17) is 10.7 Å². The molecule has 0 amide bonds. The van der Waals surface area contributed by atoms with Crippen LogP contribution in [0.25, 0.3) is 0 Å². The summed E-state index contributed by atoms with van der Waals surface area (Å²) in [7, 11) is -0.444. The zero-order valence-electron chi connectivity index (χ0n) is 11.7. The molecule has 2 aromatic carbocycles. The molecule has 23 heavy (non-hydrogen) atoms. The minimum atomic E-state index is -3.61. The molecule has 1 N–H and O–H groups in total. The first-order valence-corrected chi connectivity index (χ1v) is 11.3. The van der Waals surface area contributed by atoms with Gasteiger partial charge in [-0.15, -0.1) is 0 Å². The lowest BCUT2D eigenvalue weighted by Crippen LogP contribution is -2.18. The van der Waals surface area contributed by atoms with Crippen molar-refractivity contribution in [3.8, 4) is 0 Å². The van der Waals surface area contributed by atoms with Crippen LogP contribution in [-0.4, -0.2) is 23.9 Å². The lowest BCUT2D eigenvalue weighted by atomic mass is 10.4. The van der Waals surface area contributed by atoms with Gasteiger partial charge in [-0.05, 0) is 63.2 Å². The minimum Gasteiger partial charge on any atom is -0.214 e. The maximum Gasteiger partial charge on any atom is 0.262 e. The molecule has 5 nitrogen and oxygen atoms in total.